The second kappa shape index (κ2) is 7.91. The number of amides is 1. The van der Waals surface area contributed by atoms with E-state index in [0.717, 1.165) is 10.8 Å². The van der Waals surface area contributed by atoms with Crippen LogP contribution in [0.25, 0.3) is 0 Å². The number of hydrogen-bond donors (Lipinski definition) is 1. The van der Waals surface area contributed by atoms with Crippen LogP contribution in [0, 0.1) is 0 Å². The number of benzene rings is 1. The molecule has 0 atom stereocenters. The number of ether oxygens (including phenoxy) is 1. The summed E-state index contributed by atoms with van der Waals surface area (Å²) in [6.07, 6.45) is 0.909. The number of hydrogen-bond acceptors (Lipinski definition) is 4. The Morgan fingerprint density at radius 2 is 2.23 bits per heavy atom. The van der Waals surface area contributed by atoms with E-state index in [9.17, 15) is 4.79 Å². The van der Waals surface area contributed by atoms with Gasteiger partial charge in [-0.2, -0.15) is 5.10 Å². The number of nitrogens with one attached hydrogen (secondary N) is 1. The first-order valence-corrected chi connectivity index (χ1v) is 7.92. The van der Waals surface area contributed by atoms with Crippen molar-refractivity contribution in [2.24, 2.45) is 7.05 Å². The normalized spacial score (nSPS) is 10.3. The van der Waals surface area contributed by atoms with Crippen molar-refractivity contribution in [1.29, 1.82) is 0 Å². The Balaban J connectivity index is 2.10. The van der Waals surface area contributed by atoms with Gasteiger partial charge in [0.1, 0.15) is 17.3 Å². The molecule has 0 radical (unpaired) electrons. The van der Waals surface area contributed by atoms with Gasteiger partial charge in [0, 0.05) is 12.8 Å². The Hall–Kier alpha value is -1.92. The van der Waals surface area contributed by atoms with Gasteiger partial charge in [0.05, 0.1) is 0 Å². The van der Waals surface area contributed by atoms with Gasteiger partial charge in [0.15, 0.2) is 5.15 Å². The quantitative estimate of drug-likeness (QED) is 0.637. The molecule has 0 spiro atoms. The largest absolute Gasteiger partial charge is 0.445 e. The van der Waals surface area contributed by atoms with Crippen molar-refractivity contribution < 1.29 is 9.53 Å². The van der Waals surface area contributed by atoms with Crippen LogP contribution < -0.4 is 5.32 Å². The molecule has 5 nitrogen and oxygen atoms in total. The Bertz CT molecular complexity index is 658. The molecular formula is C15H16ClN3O2S. The number of carbonyl (C=O) groups is 1. The van der Waals surface area contributed by atoms with Crippen molar-refractivity contribution >= 4 is 35.1 Å². The third-order valence-electron chi connectivity index (χ3n) is 2.73. The summed E-state index contributed by atoms with van der Waals surface area (Å²) in [7, 11) is 1.78. The van der Waals surface area contributed by atoms with Crippen LogP contribution in [0.4, 0.5) is 10.5 Å². The molecule has 0 aliphatic rings. The summed E-state index contributed by atoms with van der Waals surface area (Å²) in [5, 5.41) is 7.75. The number of carbonyl (C=O) groups excluding carboxylic acids is 1. The summed E-state index contributed by atoms with van der Waals surface area (Å²) in [6, 6.07) is 10.0. The highest BCUT2D eigenvalue weighted by Gasteiger charge is 2.18. The van der Waals surface area contributed by atoms with E-state index in [-0.39, 0.29) is 11.8 Å². The maximum absolute atomic E-state index is 11.7. The van der Waals surface area contributed by atoms with Gasteiger partial charge in [-0.05, 0) is 5.56 Å². The van der Waals surface area contributed by atoms with E-state index >= 15 is 0 Å². The molecule has 116 valence electrons. The molecule has 7 heteroatoms. The van der Waals surface area contributed by atoms with Gasteiger partial charge < -0.3 is 4.74 Å². The second-order valence-corrected chi connectivity index (χ2v) is 5.70. The third kappa shape index (κ3) is 4.29. The average molecular weight is 338 g/mol. The van der Waals surface area contributed by atoms with Gasteiger partial charge in [0.25, 0.3) is 0 Å². The van der Waals surface area contributed by atoms with E-state index in [1.54, 1.807) is 11.7 Å². The van der Waals surface area contributed by atoms with E-state index in [4.69, 9.17) is 16.3 Å². The van der Waals surface area contributed by atoms with E-state index in [1.807, 2.05) is 30.3 Å². The summed E-state index contributed by atoms with van der Waals surface area (Å²) in [5.74, 6) is 0.743. The maximum Gasteiger partial charge on any atom is 0.412 e. The fraction of sp³-hybridized carbons (Fsp3) is 0.200. The smallest absolute Gasteiger partial charge is 0.412 e. The molecule has 1 N–H and O–H groups in total. The number of anilines is 1. The lowest BCUT2D eigenvalue weighted by molar-refractivity contribution is 0.174. The number of aryl methyl sites for hydroxylation is 1. The molecule has 0 aliphatic heterocycles. The van der Waals surface area contributed by atoms with Crippen LogP contribution in [0.5, 0.6) is 0 Å². The number of nitrogens with zero attached hydrogens (tertiary/aromatic N) is 2. The predicted molar refractivity (Wildman–Crippen MR) is 89.4 cm³/mol. The highest BCUT2D eigenvalue weighted by molar-refractivity contribution is 7.98. The fourth-order valence-corrected chi connectivity index (χ4v) is 3.07. The van der Waals surface area contributed by atoms with Gasteiger partial charge in [-0.25, -0.2) is 4.79 Å². The molecule has 1 aromatic carbocycles. The van der Waals surface area contributed by atoms with Crippen LogP contribution in [0.15, 0.2) is 48.0 Å². The third-order valence-corrected chi connectivity index (χ3v) is 4.21. The standard InChI is InChI=1S/C15H16ClN3O2S/c1-3-9-21-15(20)17-12-13(16)18-19(2)14(12)22-10-11-7-5-4-6-8-11/h3-8H,1,9-10H2,2H3,(H,17,20). The SMILES string of the molecule is C=CCOC(=O)Nc1c(Cl)nn(C)c1SCc1ccccc1. The molecule has 1 heterocycles. The molecule has 0 fully saturated rings. The lowest BCUT2D eigenvalue weighted by Crippen LogP contribution is -2.14. The number of aromatic nitrogens is 2. The first-order valence-electron chi connectivity index (χ1n) is 6.55. The zero-order valence-electron chi connectivity index (χ0n) is 12.1. The van der Waals surface area contributed by atoms with Gasteiger partial charge in [-0.3, -0.25) is 10.00 Å². The van der Waals surface area contributed by atoms with Crippen molar-refractivity contribution in [3.8, 4) is 0 Å². The number of rotatable bonds is 6. The zero-order chi connectivity index (χ0) is 15.9. The van der Waals surface area contributed by atoms with E-state index in [0.29, 0.717) is 5.69 Å². The molecule has 0 saturated heterocycles. The number of thioether (sulfide) groups is 1. The van der Waals surface area contributed by atoms with Crippen molar-refractivity contribution in [3.05, 3.63) is 53.7 Å². The molecule has 0 aliphatic carbocycles. The van der Waals surface area contributed by atoms with Gasteiger partial charge in [0.2, 0.25) is 0 Å². The zero-order valence-corrected chi connectivity index (χ0v) is 13.7. The van der Waals surface area contributed by atoms with Crippen LogP contribution >= 0.6 is 23.4 Å². The maximum atomic E-state index is 11.7. The minimum atomic E-state index is -0.587. The molecular weight excluding hydrogens is 322 g/mol. The van der Waals surface area contributed by atoms with E-state index in [2.05, 4.69) is 17.0 Å². The monoisotopic (exact) mass is 337 g/mol. The Kier molecular flexibility index (Phi) is 5.91. The molecule has 1 amide bonds. The van der Waals surface area contributed by atoms with Crippen LogP contribution in [0.1, 0.15) is 5.56 Å². The summed E-state index contributed by atoms with van der Waals surface area (Å²) < 4.78 is 6.54. The lowest BCUT2D eigenvalue weighted by Gasteiger charge is -2.08. The van der Waals surface area contributed by atoms with Crippen molar-refractivity contribution in [1.82, 2.24) is 9.78 Å². The van der Waals surface area contributed by atoms with Crippen LogP contribution in [0.2, 0.25) is 5.15 Å². The molecule has 1 aromatic heterocycles. The highest BCUT2D eigenvalue weighted by Crippen LogP contribution is 2.34. The van der Waals surface area contributed by atoms with Gasteiger partial charge >= 0.3 is 6.09 Å². The first kappa shape index (κ1) is 16.5. The van der Waals surface area contributed by atoms with Crippen LogP contribution in [-0.2, 0) is 17.5 Å². The van der Waals surface area contributed by atoms with E-state index < -0.39 is 6.09 Å². The van der Waals surface area contributed by atoms with Gasteiger partial charge in [-0.1, -0.05) is 66.3 Å². The lowest BCUT2D eigenvalue weighted by atomic mass is 10.2. The molecule has 2 rings (SSSR count). The van der Waals surface area contributed by atoms with Gasteiger partial charge in [-0.15, -0.1) is 0 Å². The summed E-state index contributed by atoms with van der Waals surface area (Å²) >= 11 is 7.61. The second-order valence-electron chi connectivity index (χ2n) is 4.38. The van der Waals surface area contributed by atoms with Crippen molar-refractivity contribution in [3.63, 3.8) is 0 Å². The minimum absolute atomic E-state index is 0.135. The first-order chi connectivity index (χ1) is 10.6. The molecule has 2 aromatic rings. The van der Waals surface area contributed by atoms with E-state index in [1.165, 1.54) is 23.4 Å². The highest BCUT2D eigenvalue weighted by atomic mass is 35.5. The van der Waals surface area contributed by atoms with Crippen molar-refractivity contribution in [2.75, 3.05) is 11.9 Å². The summed E-state index contributed by atoms with van der Waals surface area (Å²) in [5.41, 5.74) is 1.63. The summed E-state index contributed by atoms with van der Waals surface area (Å²) in [4.78, 5) is 11.7. The molecule has 0 bridgehead atoms. The topological polar surface area (TPSA) is 56.1 Å². The summed E-state index contributed by atoms with van der Waals surface area (Å²) in [6.45, 7) is 3.63. The predicted octanol–water partition coefficient (Wildman–Crippen LogP) is 4.10. The van der Waals surface area contributed by atoms with Crippen LogP contribution in [0.3, 0.4) is 0 Å². The Labute approximate surface area is 138 Å². The average Bonchev–Trinajstić information content (AvgIpc) is 2.78. The molecule has 22 heavy (non-hydrogen) atoms. The Morgan fingerprint density at radius 3 is 2.91 bits per heavy atom. The van der Waals surface area contributed by atoms with Crippen molar-refractivity contribution in [2.45, 2.75) is 10.8 Å². The minimum Gasteiger partial charge on any atom is -0.445 e. The van der Waals surface area contributed by atoms with Crippen LogP contribution in [-0.4, -0.2) is 22.5 Å². The molecule has 0 unspecified atom stereocenters. The molecule has 0 saturated carbocycles. The Morgan fingerprint density at radius 1 is 1.50 bits per heavy atom. The fourth-order valence-electron chi connectivity index (χ4n) is 1.75. The number of halogens is 1.